The number of rotatable bonds is 10. The molecule has 1 aromatic heterocycles. The fourth-order valence-corrected chi connectivity index (χ4v) is 2.59. The van der Waals surface area contributed by atoms with Gasteiger partial charge in [0.1, 0.15) is 12.3 Å². The summed E-state index contributed by atoms with van der Waals surface area (Å²) in [5.74, 6) is 3.11. The second-order valence-corrected chi connectivity index (χ2v) is 6.12. The standard InChI is InChI=1S/C18H34N4O.HI/c1-6-9-11-16(10-7-2)12-20-18(19-8-3)21-13-17-22-14(4)15(5)23-17;/h16H,6-13H2,1-5H3,(H2,19,20,21);1H. The number of aromatic nitrogens is 1. The summed E-state index contributed by atoms with van der Waals surface area (Å²) in [5.41, 5.74) is 0.940. The Hall–Kier alpha value is -0.790. The Morgan fingerprint density at radius 3 is 2.42 bits per heavy atom. The van der Waals surface area contributed by atoms with Gasteiger partial charge in [0.05, 0.1) is 5.69 Å². The largest absolute Gasteiger partial charge is 0.444 e. The number of aliphatic imine (C=N–C) groups is 1. The molecule has 24 heavy (non-hydrogen) atoms. The first kappa shape index (κ1) is 23.2. The molecule has 0 aliphatic carbocycles. The zero-order valence-corrected chi connectivity index (χ0v) is 18.3. The van der Waals surface area contributed by atoms with E-state index >= 15 is 0 Å². The van der Waals surface area contributed by atoms with Crippen LogP contribution in [0, 0.1) is 19.8 Å². The Morgan fingerprint density at radius 1 is 1.12 bits per heavy atom. The van der Waals surface area contributed by atoms with Gasteiger partial charge in [-0.2, -0.15) is 0 Å². The lowest BCUT2D eigenvalue weighted by Gasteiger charge is -2.18. The fraction of sp³-hybridized carbons (Fsp3) is 0.778. The van der Waals surface area contributed by atoms with Gasteiger partial charge in [-0.05, 0) is 39.5 Å². The lowest BCUT2D eigenvalue weighted by atomic mass is 9.97. The third-order valence-corrected chi connectivity index (χ3v) is 4.01. The number of unbranched alkanes of at least 4 members (excludes halogenated alkanes) is 1. The monoisotopic (exact) mass is 450 g/mol. The summed E-state index contributed by atoms with van der Waals surface area (Å²) in [6, 6.07) is 0. The summed E-state index contributed by atoms with van der Waals surface area (Å²) in [6.07, 6.45) is 6.35. The molecule has 5 nitrogen and oxygen atoms in total. The van der Waals surface area contributed by atoms with Crippen LogP contribution in [0.2, 0.25) is 0 Å². The summed E-state index contributed by atoms with van der Waals surface area (Å²) >= 11 is 0. The molecular weight excluding hydrogens is 415 g/mol. The van der Waals surface area contributed by atoms with E-state index in [0.29, 0.717) is 12.4 Å². The Kier molecular flexibility index (Phi) is 13.1. The highest BCUT2D eigenvalue weighted by Gasteiger charge is 2.09. The highest BCUT2D eigenvalue weighted by atomic mass is 127. The van der Waals surface area contributed by atoms with Gasteiger partial charge in [0.25, 0.3) is 0 Å². The molecule has 1 unspecified atom stereocenters. The SMILES string of the molecule is CCCCC(CCC)CNC(=NCc1nc(C)c(C)o1)NCC.I. The summed E-state index contributed by atoms with van der Waals surface area (Å²) in [7, 11) is 0. The molecule has 0 aliphatic heterocycles. The van der Waals surface area contributed by atoms with Crippen LogP contribution in [0.15, 0.2) is 9.41 Å². The lowest BCUT2D eigenvalue weighted by Crippen LogP contribution is -2.39. The maximum Gasteiger partial charge on any atom is 0.216 e. The van der Waals surface area contributed by atoms with Crippen molar-refractivity contribution in [3.05, 3.63) is 17.3 Å². The van der Waals surface area contributed by atoms with Crippen LogP contribution in [0.1, 0.15) is 70.2 Å². The number of nitrogens with one attached hydrogen (secondary N) is 2. The molecule has 1 aromatic rings. The van der Waals surface area contributed by atoms with Gasteiger partial charge < -0.3 is 15.1 Å². The number of nitrogens with zero attached hydrogens (tertiary/aromatic N) is 2. The van der Waals surface area contributed by atoms with Crippen LogP contribution in [0.5, 0.6) is 0 Å². The van der Waals surface area contributed by atoms with Crippen molar-refractivity contribution in [2.45, 2.75) is 73.3 Å². The zero-order chi connectivity index (χ0) is 17.1. The Morgan fingerprint density at radius 2 is 1.88 bits per heavy atom. The molecule has 6 heteroatoms. The van der Waals surface area contributed by atoms with Gasteiger partial charge in [0, 0.05) is 13.1 Å². The van der Waals surface area contributed by atoms with Crippen LogP contribution < -0.4 is 10.6 Å². The van der Waals surface area contributed by atoms with Crippen molar-refractivity contribution in [1.82, 2.24) is 15.6 Å². The molecule has 1 heterocycles. The molecule has 1 atom stereocenters. The minimum atomic E-state index is 0. The molecule has 0 radical (unpaired) electrons. The fourth-order valence-electron chi connectivity index (χ4n) is 2.59. The molecule has 0 fully saturated rings. The van der Waals surface area contributed by atoms with Gasteiger partial charge in [0.2, 0.25) is 5.89 Å². The van der Waals surface area contributed by atoms with Crippen molar-refractivity contribution in [3.63, 3.8) is 0 Å². The topological polar surface area (TPSA) is 62.5 Å². The normalized spacial score (nSPS) is 12.6. The minimum Gasteiger partial charge on any atom is -0.444 e. The van der Waals surface area contributed by atoms with Crippen LogP contribution in [-0.4, -0.2) is 24.0 Å². The summed E-state index contributed by atoms with van der Waals surface area (Å²) in [4.78, 5) is 8.97. The van der Waals surface area contributed by atoms with Gasteiger partial charge in [0.15, 0.2) is 5.96 Å². The highest BCUT2D eigenvalue weighted by molar-refractivity contribution is 14.0. The van der Waals surface area contributed by atoms with E-state index in [0.717, 1.165) is 36.4 Å². The molecule has 0 saturated heterocycles. The molecular formula is C18H35IN4O. The predicted octanol–water partition coefficient (Wildman–Crippen LogP) is 4.57. The van der Waals surface area contributed by atoms with Crippen molar-refractivity contribution in [2.75, 3.05) is 13.1 Å². The Bertz CT molecular complexity index is 454. The van der Waals surface area contributed by atoms with E-state index in [2.05, 4.69) is 41.4 Å². The number of hydrogen-bond acceptors (Lipinski definition) is 3. The van der Waals surface area contributed by atoms with Crippen molar-refractivity contribution >= 4 is 29.9 Å². The second-order valence-electron chi connectivity index (χ2n) is 6.12. The first-order valence-electron chi connectivity index (χ1n) is 9.05. The average molecular weight is 450 g/mol. The van der Waals surface area contributed by atoms with E-state index in [-0.39, 0.29) is 24.0 Å². The Balaban J connectivity index is 0.00000529. The van der Waals surface area contributed by atoms with E-state index < -0.39 is 0 Å². The van der Waals surface area contributed by atoms with Gasteiger partial charge in [-0.1, -0.05) is 33.1 Å². The van der Waals surface area contributed by atoms with E-state index in [4.69, 9.17) is 4.42 Å². The summed E-state index contributed by atoms with van der Waals surface area (Å²) in [6.45, 7) is 12.8. The molecule has 1 rings (SSSR count). The molecule has 0 saturated carbocycles. The van der Waals surface area contributed by atoms with E-state index in [1.54, 1.807) is 0 Å². The van der Waals surface area contributed by atoms with Gasteiger partial charge in [-0.15, -0.1) is 24.0 Å². The average Bonchev–Trinajstić information content (AvgIpc) is 2.85. The first-order valence-corrected chi connectivity index (χ1v) is 9.05. The predicted molar refractivity (Wildman–Crippen MR) is 112 cm³/mol. The van der Waals surface area contributed by atoms with Crippen LogP contribution in [0.4, 0.5) is 0 Å². The molecule has 2 N–H and O–H groups in total. The maximum atomic E-state index is 5.59. The van der Waals surface area contributed by atoms with Crippen LogP contribution >= 0.6 is 24.0 Å². The molecule has 140 valence electrons. The molecule has 0 bridgehead atoms. The van der Waals surface area contributed by atoms with Gasteiger partial charge in [-0.3, -0.25) is 0 Å². The number of hydrogen-bond donors (Lipinski definition) is 2. The summed E-state index contributed by atoms with van der Waals surface area (Å²) in [5, 5.41) is 6.77. The lowest BCUT2D eigenvalue weighted by molar-refractivity contribution is 0.422. The second kappa shape index (κ2) is 13.5. The maximum absolute atomic E-state index is 5.59. The van der Waals surface area contributed by atoms with Crippen LogP contribution in [-0.2, 0) is 6.54 Å². The van der Waals surface area contributed by atoms with Crippen molar-refractivity contribution in [1.29, 1.82) is 0 Å². The molecule has 0 amide bonds. The molecule has 0 aliphatic rings. The number of halogens is 1. The minimum absolute atomic E-state index is 0. The van der Waals surface area contributed by atoms with Crippen molar-refractivity contribution < 1.29 is 4.42 Å². The van der Waals surface area contributed by atoms with Gasteiger partial charge in [-0.25, -0.2) is 9.98 Å². The van der Waals surface area contributed by atoms with Gasteiger partial charge >= 0.3 is 0 Å². The Labute approximate surface area is 164 Å². The van der Waals surface area contributed by atoms with Crippen molar-refractivity contribution in [3.8, 4) is 0 Å². The molecule has 0 spiro atoms. The molecule has 0 aromatic carbocycles. The van der Waals surface area contributed by atoms with E-state index in [1.807, 2.05) is 13.8 Å². The quantitative estimate of drug-likeness (QED) is 0.312. The van der Waals surface area contributed by atoms with Crippen molar-refractivity contribution in [2.24, 2.45) is 10.9 Å². The third kappa shape index (κ3) is 8.89. The first-order chi connectivity index (χ1) is 11.1. The third-order valence-electron chi connectivity index (χ3n) is 4.01. The zero-order valence-electron chi connectivity index (χ0n) is 15.9. The van der Waals surface area contributed by atoms with Crippen LogP contribution in [0.3, 0.4) is 0 Å². The highest BCUT2D eigenvalue weighted by Crippen LogP contribution is 2.14. The number of aryl methyl sites for hydroxylation is 2. The summed E-state index contributed by atoms with van der Waals surface area (Å²) < 4.78 is 5.59. The number of oxazole rings is 1. The van der Waals surface area contributed by atoms with Crippen LogP contribution in [0.25, 0.3) is 0 Å². The number of guanidine groups is 1. The van der Waals surface area contributed by atoms with E-state index in [1.165, 1.54) is 32.1 Å². The smallest absolute Gasteiger partial charge is 0.216 e. The van der Waals surface area contributed by atoms with E-state index in [9.17, 15) is 0 Å².